The molecule has 0 fully saturated rings. The molecule has 0 spiro atoms. The zero-order valence-corrected chi connectivity index (χ0v) is 21.6. The first kappa shape index (κ1) is 24.8. The van der Waals surface area contributed by atoms with Crippen LogP contribution in [-0.2, 0) is 19.6 Å². The smallest absolute Gasteiger partial charge is 0.191 e. The Morgan fingerprint density at radius 1 is 1.06 bits per heavy atom. The SMILES string of the molecule is CCNC(=NCc1cccc(Cn2ccnc2)c1)NCCCn1c(C)nc2ccccc21.I. The maximum atomic E-state index is 4.78. The van der Waals surface area contributed by atoms with Gasteiger partial charge in [-0.3, -0.25) is 0 Å². The first-order valence-corrected chi connectivity index (χ1v) is 11.2. The predicted octanol–water partition coefficient (Wildman–Crippen LogP) is 4.35. The molecule has 0 saturated carbocycles. The van der Waals surface area contributed by atoms with Crippen LogP contribution in [0.25, 0.3) is 11.0 Å². The van der Waals surface area contributed by atoms with Crippen molar-refractivity contribution in [2.75, 3.05) is 13.1 Å². The van der Waals surface area contributed by atoms with E-state index in [1.807, 2.05) is 18.6 Å². The van der Waals surface area contributed by atoms with E-state index >= 15 is 0 Å². The Hall–Kier alpha value is -2.88. The fraction of sp³-hybridized carbons (Fsp3) is 0.320. The number of halogens is 1. The number of nitrogens with zero attached hydrogens (tertiary/aromatic N) is 5. The molecular weight excluding hydrogens is 525 g/mol. The lowest BCUT2D eigenvalue weighted by Crippen LogP contribution is -2.38. The molecule has 0 bridgehead atoms. The van der Waals surface area contributed by atoms with Gasteiger partial charge in [-0.15, -0.1) is 24.0 Å². The fourth-order valence-corrected chi connectivity index (χ4v) is 3.85. The maximum Gasteiger partial charge on any atom is 0.191 e. The summed E-state index contributed by atoms with van der Waals surface area (Å²) < 4.78 is 4.35. The number of fused-ring (bicyclic) bond motifs is 1. The van der Waals surface area contributed by atoms with Crippen LogP contribution in [-0.4, -0.2) is 38.2 Å². The first-order chi connectivity index (χ1) is 15.7. The van der Waals surface area contributed by atoms with Crippen LogP contribution in [0.15, 0.2) is 72.2 Å². The van der Waals surface area contributed by atoms with Gasteiger partial charge in [0, 0.05) is 38.6 Å². The molecule has 2 heterocycles. The molecule has 0 atom stereocenters. The van der Waals surface area contributed by atoms with E-state index in [2.05, 4.69) is 86.0 Å². The van der Waals surface area contributed by atoms with Crippen molar-refractivity contribution in [2.45, 2.75) is 39.9 Å². The standard InChI is InChI=1S/C25H31N7.HI/c1-3-27-25(28-12-7-14-32-20(2)30-23-10-4-5-11-24(23)32)29-17-21-8-6-9-22(16-21)18-31-15-13-26-19-31;/h4-6,8-11,13,15-16,19H,3,7,12,14,17-18H2,1-2H3,(H2,27,28,29);1H. The van der Waals surface area contributed by atoms with Crippen LogP contribution >= 0.6 is 24.0 Å². The maximum absolute atomic E-state index is 4.78. The molecule has 2 aromatic heterocycles. The molecule has 0 unspecified atom stereocenters. The van der Waals surface area contributed by atoms with Crippen molar-refractivity contribution in [2.24, 2.45) is 4.99 Å². The van der Waals surface area contributed by atoms with E-state index in [1.54, 1.807) is 6.20 Å². The lowest BCUT2D eigenvalue weighted by atomic mass is 10.1. The summed E-state index contributed by atoms with van der Waals surface area (Å²) in [6, 6.07) is 16.9. The number of rotatable bonds is 9. The van der Waals surface area contributed by atoms with Crippen molar-refractivity contribution >= 4 is 41.0 Å². The zero-order valence-electron chi connectivity index (χ0n) is 19.2. The van der Waals surface area contributed by atoms with E-state index in [4.69, 9.17) is 4.99 Å². The van der Waals surface area contributed by atoms with Gasteiger partial charge in [-0.2, -0.15) is 0 Å². The van der Waals surface area contributed by atoms with E-state index < -0.39 is 0 Å². The highest BCUT2D eigenvalue weighted by Crippen LogP contribution is 2.15. The average molecular weight is 557 g/mol. The minimum absolute atomic E-state index is 0. The van der Waals surface area contributed by atoms with Crippen LogP contribution < -0.4 is 10.6 Å². The summed E-state index contributed by atoms with van der Waals surface area (Å²) in [6.07, 6.45) is 6.61. The van der Waals surface area contributed by atoms with E-state index in [0.29, 0.717) is 6.54 Å². The van der Waals surface area contributed by atoms with Gasteiger partial charge in [0.1, 0.15) is 5.82 Å². The molecule has 0 saturated heterocycles. The predicted molar refractivity (Wildman–Crippen MR) is 145 cm³/mol. The molecule has 2 N–H and O–H groups in total. The van der Waals surface area contributed by atoms with Crippen molar-refractivity contribution in [3.63, 3.8) is 0 Å². The summed E-state index contributed by atoms with van der Waals surface area (Å²) in [7, 11) is 0. The molecule has 33 heavy (non-hydrogen) atoms. The molecule has 8 heteroatoms. The largest absolute Gasteiger partial charge is 0.357 e. The summed E-state index contributed by atoms with van der Waals surface area (Å²) >= 11 is 0. The van der Waals surface area contributed by atoms with E-state index in [9.17, 15) is 0 Å². The Morgan fingerprint density at radius 3 is 2.73 bits per heavy atom. The van der Waals surface area contributed by atoms with Crippen LogP contribution in [0, 0.1) is 6.92 Å². The highest BCUT2D eigenvalue weighted by Gasteiger charge is 2.06. The summed E-state index contributed by atoms with van der Waals surface area (Å²) in [6.45, 7) is 8.21. The number of aliphatic imine (C=N–C) groups is 1. The first-order valence-electron chi connectivity index (χ1n) is 11.2. The fourth-order valence-electron chi connectivity index (χ4n) is 3.85. The third kappa shape index (κ3) is 6.80. The van der Waals surface area contributed by atoms with Gasteiger partial charge in [-0.25, -0.2) is 15.0 Å². The van der Waals surface area contributed by atoms with E-state index in [0.717, 1.165) is 49.9 Å². The normalized spacial score (nSPS) is 11.4. The molecule has 0 aliphatic rings. The molecule has 2 aromatic carbocycles. The van der Waals surface area contributed by atoms with Gasteiger partial charge < -0.3 is 19.8 Å². The monoisotopic (exact) mass is 557 g/mol. The van der Waals surface area contributed by atoms with Crippen LogP contribution in [0.1, 0.15) is 30.3 Å². The molecule has 4 aromatic rings. The third-order valence-electron chi connectivity index (χ3n) is 5.38. The van der Waals surface area contributed by atoms with Crippen LogP contribution in [0.2, 0.25) is 0 Å². The number of aryl methyl sites for hydroxylation is 2. The lowest BCUT2D eigenvalue weighted by Gasteiger charge is -2.12. The number of hydrogen-bond donors (Lipinski definition) is 2. The molecule has 174 valence electrons. The van der Waals surface area contributed by atoms with Gasteiger partial charge in [0.25, 0.3) is 0 Å². The number of benzene rings is 2. The van der Waals surface area contributed by atoms with Crippen LogP contribution in [0.5, 0.6) is 0 Å². The molecule has 0 amide bonds. The zero-order chi connectivity index (χ0) is 22.2. The van der Waals surface area contributed by atoms with Gasteiger partial charge in [-0.1, -0.05) is 36.4 Å². The minimum Gasteiger partial charge on any atom is -0.357 e. The molecule has 0 radical (unpaired) electrons. The van der Waals surface area contributed by atoms with Crippen molar-refractivity contribution in [3.8, 4) is 0 Å². The Labute approximate surface area is 212 Å². The van der Waals surface area contributed by atoms with Gasteiger partial charge in [0.05, 0.1) is 23.9 Å². The summed E-state index contributed by atoms with van der Waals surface area (Å²) in [5, 5.41) is 6.81. The molecule has 7 nitrogen and oxygen atoms in total. The van der Waals surface area contributed by atoms with Crippen molar-refractivity contribution < 1.29 is 0 Å². The molecule has 4 rings (SSSR count). The van der Waals surface area contributed by atoms with Crippen molar-refractivity contribution in [1.29, 1.82) is 0 Å². The van der Waals surface area contributed by atoms with E-state index in [-0.39, 0.29) is 24.0 Å². The summed E-state index contributed by atoms with van der Waals surface area (Å²) in [5.41, 5.74) is 4.70. The Bertz CT molecular complexity index is 1160. The lowest BCUT2D eigenvalue weighted by molar-refractivity contribution is 0.624. The number of imidazole rings is 2. The quantitative estimate of drug-likeness (QED) is 0.139. The summed E-state index contributed by atoms with van der Waals surface area (Å²) in [5.74, 6) is 1.90. The highest BCUT2D eigenvalue weighted by molar-refractivity contribution is 14.0. The second-order valence-corrected chi connectivity index (χ2v) is 7.83. The number of guanidine groups is 1. The third-order valence-corrected chi connectivity index (χ3v) is 5.38. The van der Waals surface area contributed by atoms with Crippen LogP contribution in [0.4, 0.5) is 0 Å². The second kappa shape index (κ2) is 12.4. The van der Waals surface area contributed by atoms with Gasteiger partial charge >= 0.3 is 0 Å². The molecule has 0 aliphatic carbocycles. The number of hydrogen-bond acceptors (Lipinski definition) is 3. The van der Waals surface area contributed by atoms with E-state index in [1.165, 1.54) is 16.6 Å². The van der Waals surface area contributed by atoms with Gasteiger partial charge in [0.2, 0.25) is 0 Å². The summed E-state index contributed by atoms with van der Waals surface area (Å²) in [4.78, 5) is 13.5. The number of para-hydroxylation sites is 2. The average Bonchev–Trinajstić information content (AvgIpc) is 3.42. The Kier molecular flexibility index (Phi) is 9.29. The van der Waals surface area contributed by atoms with Crippen LogP contribution in [0.3, 0.4) is 0 Å². The number of aromatic nitrogens is 4. The highest BCUT2D eigenvalue weighted by atomic mass is 127. The van der Waals surface area contributed by atoms with Crippen molar-refractivity contribution in [1.82, 2.24) is 29.7 Å². The topological polar surface area (TPSA) is 72.1 Å². The van der Waals surface area contributed by atoms with Gasteiger partial charge in [-0.05, 0) is 43.5 Å². The van der Waals surface area contributed by atoms with Gasteiger partial charge in [0.15, 0.2) is 5.96 Å². The number of nitrogens with one attached hydrogen (secondary N) is 2. The second-order valence-electron chi connectivity index (χ2n) is 7.83. The molecule has 0 aliphatic heterocycles. The Morgan fingerprint density at radius 2 is 1.91 bits per heavy atom. The minimum atomic E-state index is 0. The Balaban J connectivity index is 0.00000306. The van der Waals surface area contributed by atoms with Crippen molar-refractivity contribution in [3.05, 3.63) is 84.2 Å². The molecular formula is C25H32IN7.